The number of halogens is 1. The van der Waals surface area contributed by atoms with E-state index in [2.05, 4.69) is 10.2 Å². The molecule has 0 radical (unpaired) electrons. The van der Waals surface area contributed by atoms with Crippen LogP contribution in [-0.4, -0.2) is 30.6 Å². The summed E-state index contributed by atoms with van der Waals surface area (Å²) in [7, 11) is 0. The lowest BCUT2D eigenvalue weighted by Crippen LogP contribution is -2.30. The van der Waals surface area contributed by atoms with Crippen molar-refractivity contribution in [2.75, 3.05) is 29.0 Å². The molecular weight excluding hydrogens is 409 g/mol. The van der Waals surface area contributed by atoms with Crippen LogP contribution < -0.4 is 16.0 Å². The number of hydrogen-bond donors (Lipinski definition) is 2. The molecule has 32 heavy (non-hydrogen) atoms. The van der Waals surface area contributed by atoms with Crippen molar-refractivity contribution >= 4 is 28.9 Å². The third kappa shape index (κ3) is 5.78. The number of carbonyl (C=O) groups is 2. The Balaban J connectivity index is 1.81. The molecule has 1 fully saturated rings. The molecule has 7 heteroatoms. The maximum atomic E-state index is 13.8. The van der Waals surface area contributed by atoms with Gasteiger partial charge in [-0.05, 0) is 88.4 Å². The number of carbonyl (C=O) groups excluding carboxylic acids is 2. The first-order chi connectivity index (χ1) is 15.0. The van der Waals surface area contributed by atoms with Gasteiger partial charge in [0.05, 0.1) is 17.8 Å². The van der Waals surface area contributed by atoms with E-state index in [-0.39, 0.29) is 12.3 Å². The molecule has 0 aromatic heterocycles. The van der Waals surface area contributed by atoms with Gasteiger partial charge in [-0.25, -0.2) is 4.39 Å². The van der Waals surface area contributed by atoms with Gasteiger partial charge in [0, 0.05) is 24.3 Å². The summed E-state index contributed by atoms with van der Waals surface area (Å²) >= 11 is 0. The molecule has 0 bridgehead atoms. The van der Waals surface area contributed by atoms with Crippen LogP contribution in [0, 0.1) is 12.7 Å². The monoisotopic (exact) mass is 441 g/mol. The lowest BCUT2D eigenvalue weighted by molar-refractivity contribution is -0.153. The number of nitrogen functional groups attached to an aromatic ring is 1. The van der Waals surface area contributed by atoms with Crippen LogP contribution in [0.2, 0.25) is 0 Å². The average molecular weight is 442 g/mol. The summed E-state index contributed by atoms with van der Waals surface area (Å²) < 4.78 is 19.2. The fraction of sp³-hybridized carbons (Fsp3) is 0.440. The number of benzene rings is 2. The number of esters is 1. The molecule has 3 N–H and O–H groups in total. The zero-order valence-corrected chi connectivity index (χ0v) is 19.3. The molecule has 1 saturated heterocycles. The number of amides is 1. The van der Waals surface area contributed by atoms with E-state index < -0.39 is 17.4 Å². The molecule has 1 aliphatic rings. The standard InChI is InChI=1S/C25H32FN3O3/c1-16-19(9-11-21(23(16)27)29-12-6-5-7-13-29)24(31)28-20-10-8-18(26)14-17(20)15-22(30)32-25(2,3)4/h8-11,14H,5-7,12-13,15,27H2,1-4H3,(H,28,31). The van der Waals surface area contributed by atoms with Gasteiger partial charge in [-0.3, -0.25) is 9.59 Å². The van der Waals surface area contributed by atoms with Crippen molar-refractivity contribution in [1.29, 1.82) is 0 Å². The second-order valence-corrected chi connectivity index (χ2v) is 9.24. The highest BCUT2D eigenvalue weighted by Crippen LogP contribution is 2.31. The average Bonchev–Trinajstić information content (AvgIpc) is 2.71. The summed E-state index contributed by atoms with van der Waals surface area (Å²) in [6.07, 6.45) is 3.33. The number of piperidine rings is 1. The zero-order chi connectivity index (χ0) is 23.5. The number of hydrogen-bond acceptors (Lipinski definition) is 5. The van der Waals surface area contributed by atoms with E-state index in [1.54, 1.807) is 26.8 Å². The predicted octanol–water partition coefficient (Wildman–Crippen LogP) is 4.84. The number of rotatable bonds is 5. The van der Waals surface area contributed by atoms with Crippen molar-refractivity contribution in [3.63, 3.8) is 0 Å². The Morgan fingerprint density at radius 2 is 1.81 bits per heavy atom. The summed E-state index contributed by atoms with van der Waals surface area (Å²) in [5, 5.41) is 2.81. The first-order valence-electron chi connectivity index (χ1n) is 11.0. The van der Waals surface area contributed by atoms with Gasteiger partial charge in [0.25, 0.3) is 5.91 Å². The zero-order valence-electron chi connectivity index (χ0n) is 19.3. The van der Waals surface area contributed by atoms with Gasteiger partial charge < -0.3 is 20.7 Å². The van der Waals surface area contributed by atoms with E-state index in [1.807, 2.05) is 13.0 Å². The molecule has 172 valence electrons. The molecule has 3 rings (SSSR count). The molecule has 1 amide bonds. The first-order valence-corrected chi connectivity index (χ1v) is 11.0. The Labute approximate surface area is 188 Å². The predicted molar refractivity (Wildman–Crippen MR) is 126 cm³/mol. The molecule has 1 aliphatic heterocycles. The van der Waals surface area contributed by atoms with E-state index in [0.717, 1.165) is 31.6 Å². The highest BCUT2D eigenvalue weighted by atomic mass is 19.1. The minimum atomic E-state index is -0.654. The van der Waals surface area contributed by atoms with Gasteiger partial charge in [-0.2, -0.15) is 0 Å². The van der Waals surface area contributed by atoms with Crippen LogP contribution in [0.25, 0.3) is 0 Å². The Bertz CT molecular complexity index is 1010. The number of ether oxygens (including phenoxy) is 1. The van der Waals surface area contributed by atoms with Crippen molar-refractivity contribution in [2.45, 2.75) is 59.0 Å². The number of nitrogens with one attached hydrogen (secondary N) is 1. The van der Waals surface area contributed by atoms with Gasteiger partial charge in [-0.1, -0.05) is 0 Å². The Hall–Kier alpha value is -3.09. The summed E-state index contributed by atoms with van der Waals surface area (Å²) in [5.41, 5.74) is 9.12. The van der Waals surface area contributed by atoms with Crippen LogP contribution in [0.4, 0.5) is 21.5 Å². The first kappa shape index (κ1) is 23.6. The highest BCUT2D eigenvalue weighted by molar-refractivity contribution is 6.07. The van der Waals surface area contributed by atoms with Crippen LogP contribution in [0.1, 0.15) is 61.5 Å². The van der Waals surface area contributed by atoms with Crippen LogP contribution in [0.3, 0.4) is 0 Å². The van der Waals surface area contributed by atoms with Gasteiger partial charge in [0.15, 0.2) is 0 Å². The third-order valence-electron chi connectivity index (χ3n) is 5.50. The van der Waals surface area contributed by atoms with Gasteiger partial charge >= 0.3 is 5.97 Å². The van der Waals surface area contributed by atoms with Crippen molar-refractivity contribution < 1.29 is 18.7 Å². The largest absolute Gasteiger partial charge is 0.460 e. The van der Waals surface area contributed by atoms with E-state index in [0.29, 0.717) is 28.1 Å². The van der Waals surface area contributed by atoms with Gasteiger partial charge in [0.1, 0.15) is 11.4 Å². The van der Waals surface area contributed by atoms with Crippen LogP contribution in [0.5, 0.6) is 0 Å². The van der Waals surface area contributed by atoms with Crippen LogP contribution in [0.15, 0.2) is 30.3 Å². The topological polar surface area (TPSA) is 84.7 Å². The molecular formula is C25H32FN3O3. The van der Waals surface area contributed by atoms with Crippen molar-refractivity contribution in [1.82, 2.24) is 0 Å². The highest BCUT2D eigenvalue weighted by Gasteiger charge is 2.21. The summed E-state index contributed by atoms with van der Waals surface area (Å²) in [5.74, 6) is -1.35. The number of nitrogens with two attached hydrogens (primary N) is 1. The van der Waals surface area contributed by atoms with E-state index in [1.165, 1.54) is 24.6 Å². The maximum absolute atomic E-state index is 13.8. The molecule has 0 spiro atoms. The molecule has 0 unspecified atom stereocenters. The van der Waals surface area contributed by atoms with Crippen molar-refractivity contribution in [3.05, 3.63) is 52.8 Å². The van der Waals surface area contributed by atoms with E-state index >= 15 is 0 Å². The van der Waals surface area contributed by atoms with Crippen molar-refractivity contribution in [3.8, 4) is 0 Å². The summed E-state index contributed by atoms with van der Waals surface area (Å²) in [6.45, 7) is 9.03. The lowest BCUT2D eigenvalue weighted by Gasteiger charge is -2.30. The lowest BCUT2D eigenvalue weighted by atomic mass is 10.0. The molecule has 0 aliphatic carbocycles. The SMILES string of the molecule is Cc1c(C(=O)Nc2ccc(F)cc2CC(=O)OC(C)(C)C)ccc(N2CCCCC2)c1N. The van der Waals surface area contributed by atoms with Gasteiger partial charge in [-0.15, -0.1) is 0 Å². The Kier molecular flexibility index (Phi) is 7.06. The normalized spacial score (nSPS) is 14.2. The molecule has 6 nitrogen and oxygen atoms in total. The summed E-state index contributed by atoms with van der Waals surface area (Å²) in [4.78, 5) is 27.5. The molecule has 1 heterocycles. The summed E-state index contributed by atoms with van der Waals surface area (Å²) in [6, 6.07) is 7.58. The Morgan fingerprint density at radius 3 is 2.47 bits per heavy atom. The van der Waals surface area contributed by atoms with Gasteiger partial charge in [0.2, 0.25) is 0 Å². The number of anilines is 3. The minimum absolute atomic E-state index is 0.153. The number of nitrogens with zero attached hydrogens (tertiary/aromatic N) is 1. The second kappa shape index (κ2) is 9.59. The smallest absolute Gasteiger partial charge is 0.310 e. The second-order valence-electron chi connectivity index (χ2n) is 9.24. The Morgan fingerprint density at radius 1 is 1.12 bits per heavy atom. The fourth-order valence-corrected chi connectivity index (χ4v) is 3.92. The van der Waals surface area contributed by atoms with E-state index in [4.69, 9.17) is 10.5 Å². The van der Waals surface area contributed by atoms with Crippen molar-refractivity contribution in [2.24, 2.45) is 0 Å². The quantitative estimate of drug-likeness (QED) is 0.512. The van der Waals surface area contributed by atoms with Crippen LogP contribution >= 0.6 is 0 Å². The maximum Gasteiger partial charge on any atom is 0.310 e. The minimum Gasteiger partial charge on any atom is -0.460 e. The molecule has 2 aromatic carbocycles. The van der Waals surface area contributed by atoms with E-state index in [9.17, 15) is 14.0 Å². The fourth-order valence-electron chi connectivity index (χ4n) is 3.92. The van der Waals surface area contributed by atoms with Crippen LogP contribution in [-0.2, 0) is 16.0 Å². The third-order valence-corrected chi connectivity index (χ3v) is 5.50. The molecule has 0 saturated carbocycles. The molecule has 2 aromatic rings. The molecule has 0 atom stereocenters.